The lowest BCUT2D eigenvalue weighted by Gasteiger charge is -2.28. The van der Waals surface area contributed by atoms with Crippen molar-refractivity contribution >= 4 is 77.2 Å². The minimum atomic E-state index is 0.586. The number of fused-ring (bicyclic) bond motifs is 4. The summed E-state index contributed by atoms with van der Waals surface area (Å²) in [5.74, 6) is 1.17. The van der Waals surface area contributed by atoms with E-state index in [1.807, 2.05) is 0 Å². The second-order valence-electron chi connectivity index (χ2n) is 20.2. The summed E-state index contributed by atoms with van der Waals surface area (Å²) in [6, 6.07) is 82.2. The number of nitrogens with zero attached hydrogens (tertiary/aromatic N) is 2. The molecule has 342 valence electrons. The van der Waals surface area contributed by atoms with E-state index in [0.29, 0.717) is 11.8 Å². The molecule has 2 nitrogen and oxygen atoms in total. The van der Waals surface area contributed by atoms with Crippen molar-refractivity contribution < 1.29 is 0 Å². The van der Waals surface area contributed by atoms with E-state index < -0.39 is 0 Å². The largest absolute Gasteiger partial charge is 0.310 e. The van der Waals surface area contributed by atoms with Crippen LogP contribution in [0.4, 0.5) is 34.1 Å². The van der Waals surface area contributed by atoms with Gasteiger partial charge in [0.15, 0.2) is 0 Å². The Morgan fingerprint density at radius 2 is 0.629 bits per heavy atom. The van der Waals surface area contributed by atoms with Gasteiger partial charge in [-0.3, -0.25) is 0 Å². The number of hydrogen-bond donors (Lipinski definition) is 0. The summed E-state index contributed by atoms with van der Waals surface area (Å²) < 4.78 is 0. The first kappa shape index (κ1) is 44.6. The molecule has 0 bridgehead atoms. The lowest BCUT2D eigenvalue weighted by atomic mass is 9.84. The van der Waals surface area contributed by atoms with Crippen LogP contribution in [0.2, 0.25) is 0 Å². The number of aryl methyl sites for hydroxylation is 2. The zero-order valence-electron chi connectivity index (χ0n) is 41.2. The highest BCUT2D eigenvalue weighted by atomic mass is 15.1. The quantitative estimate of drug-likeness (QED) is 0.113. The molecule has 0 heterocycles. The minimum Gasteiger partial charge on any atom is -0.310 e. The van der Waals surface area contributed by atoms with E-state index in [1.54, 1.807) is 0 Å². The zero-order valence-corrected chi connectivity index (χ0v) is 41.2. The van der Waals surface area contributed by atoms with Crippen molar-refractivity contribution in [3.05, 3.63) is 241 Å². The van der Waals surface area contributed by atoms with E-state index >= 15 is 0 Å². The molecule has 0 aliphatic heterocycles. The van der Waals surface area contributed by atoms with Gasteiger partial charge in [-0.25, -0.2) is 0 Å². The van der Waals surface area contributed by atoms with Gasteiger partial charge in [0.1, 0.15) is 0 Å². The SMILES string of the molecule is Cc1ccc(N(c2ccc(CC(C)C)cc2)c2ccc3c(-c4ccc5ccccc5c4)c4cc(N(c5ccc(C)cc5)c5ccc(CC(C)C)cc5)ccc4c(-c4ccc5ccccc5c4)c3c2)cc1. The minimum absolute atomic E-state index is 0.586. The van der Waals surface area contributed by atoms with Crippen LogP contribution in [-0.4, -0.2) is 0 Å². The summed E-state index contributed by atoms with van der Waals surface area (Å²) in [5.41, 5.74) is 16.8. The predicted octanol–water partition coefficient (Wildman–Crippen LogP) is 19.6. The molecule has 70 heavy (non-hydrogen) atoms. The Morgan fingerprint density at radius 3 is 0.986 bits per heavy atom. The van der Waals surface area contributed by atoms with E-state index in [0.717, 1.165) is 47.0 Å². The Hall–Kier alpha value is -7.94. The van der Waals surface area contributed by atoms with Gasteiger partial charge >= 0.3 is 0 Å². The highest BCUT2D eigenvalue weighted by Gasteiger charge is 2.23. The Balaban J connectivity index is 1.22. The van der Waals surface area contributed by atoms with Crippen LogP contribution >= 0.6 is 0 Å². The maximum Gasteiger partial charge on any atom is 0.0468 e. The lowest BCUT2D eigenvalue weighted by Crippen LogP contribution is -2.11. The number of hydrogen-bond acceptors (Lipinski definition) is 2. The molecule has 0 spiro atoms. The van der Waals surface area contributed by atoms with Crippen LogP contribution in [0, 0.1) is 25.7 Å². The fraction of sp³-hybridized carbons (Fsp3) is 0.147. The van der Waals surface area contributed by atoms with Gasteiger partial charge in [-0.15, -0.1) is 0 Å². The van der Waals surface area contributed by atoms with Crippen molar-refractivity contribution in [2.75, 3.05) is 9.80 Å². The average molecular weight is 905 g/mol. The normalized spacial score (nSPS) is 11.7. The van der Waals surface area contributed by atoms with Crippen LogP contribution in [0.15, 0.2) is 218 Å². The van der Waals surface area contributed by atoms with Crippen molar-refractivity contribution in [3.63, 3.8) is 0 Å². The van der Waals surface area contributed by atoms with E-state index in [4.69, 9.17) is 0 Å². The van der Waals surface area contributed by atoms with Crippen LogP contribution in [0.1, 0.15) is 49.9 Å². The summed E-state index contributed by atoms with van der Waals surface area (Å²) >= 11 is 0. The van der Waals surface area contributed by atoms with Crippen molar-refractivity contribution in [1.82, 2.24) is 0 Å². The second kappa shape index (κ2) is 18.9. The van der Waals surface area contributed by atoms with Crippen LogP contribution in [0.3, 0.4) is 0 Å². The lowest BCUT2D eigenvalue weighted by molar-refractivity contribution is 0.647. The first-order chi connectivity index (χ1) is 34.1. The molecule has 0 radical (unpaired) electrons. The highest BCUT2D eigenvalue weighted by molar-refractivity contribution is 6.23. The molecule has 0 unspecified atom stereocenters. The summed E-state index contributed by atoms with van der Waals surface area (Å²) in [7, 11) is 0. The fourth-order valence-electron chi connectivity index (χ4n) is 10.6. The van der Waals surface area contributed by atoms with E-state index in [-0.39, 0.29) is 0 Å². The Labute approximate surface area is 414 Å². The molecular weight excluding hydrogens is 845 g/mol. The third-order valence-corrected chi connectivity index (χ3v) is 13.9. The highest BCUT2D eigenvalue weighted by Crippen LogP contribution is 2.49. The molecule has 0 amide bonds. The third kappa shape index (κ3) is 8.83. The van der Waals surface area contributed by atoms with E-state index in [1.165, 1.54) is 87.6 Å². The first-order valence-corrected chi connectivity index (χ1v) is 25.1. The van der Waals surface area contributed by atoms with Crippen molar-refractivity contribution in [3.8, 4) is 22.3 Å². The molecule has 0 fully saturated rings. The average Bonchev–Trinajstić information content (AvgIpc) is 3.37. The molecule has 0 saturated carbocycles. The van der Waals surface area contributed by atoms with E-state index in [2.05, 4.69) is 270 Å². The Morgan fingerprint density at radius 1 is 0.300 bits per heavy atom. The summed E-state index contributed by atoms with van der Waals surface area (Å²) in [6.07, 6.45) is 2.10. The van der Waals surface area contributed by atoms with Gasteiger partial charge in [-0.2, -0.15) is 0 Å². The van der Waals surface area contributed by atoms with Gasteiger partial charge in [0, 0.05) is 34.1 Å². The molecule has 0 N–H and O–H groups in total. The molecule has 0 aliphatic rings. The Bertz CT molecular complexity index is 3410. The van der Waals surface area contributed by atoms with Gasteiger partial charge in [-0.1, -0.05) is 172 Å². The predicted molar refractivity (Wildman–Crippen MR) is 303 cm³/mol. The first-order valence-electron chi connectivity index (χ1n) is 25.1. The number of rotatable bonds is 12. The second-order valence-corrected chi connectivity index (χ2v) is 20.2. The zero-order chi connectivity index (χ0) is 47.9. The monoisotopic (exact) mass is 904 g/mol. The molecule has 0 saturated heterocycles. The summed E-state index contributed by atoms with van der Waals surface area (Å²) in [6.45, 7) is 13.5. The van der Waals surface area contributed by atoms with Crippen LogP contribution < -0.4 is 9.80 Å². The van der Waals surface area contributed by atoms with Crippen LogP contribution in [-0.2, 0) is 12.8 Å². The standard InChI is InChI=1S/C68H60N2/c1-45(2)39-49-19-31-59(32-20-49)69(57-27-15-47(5)16-28-57)61-35-37-63-65(43-61)67(55-25-23-51-11-7-9-13-53(51)41-55)64-38-36-62(44-66(64)68(63)56-26-24-52-12-8-10-14-54(52)42-56)70(58-29-17-48(6)18-30-58)60-33-21-50(22-34-60)40-46(3)4/h7-38,41-46H,39-40H2,1-6H3. The Kier molecular flexibility index (Phi) is 12.0. The molecule has 0 atom stereocenters. The van der Waals surface area contributed by atoms with Gasteiger partial charge in [0.25, 0.3) is 0 Å². The maximum atomic E-state index is 2.46. The van der Waals surface area contributed by atoms with Crippen molar-refractivity contribution in [2.24, 2.45) is 11.8 Å². The van der Waals surface area contributed by atoms with Gasteiger partial charge in [0.05, 0.1) is 0 Å². The molecule has 0 aromatic heterocycles. The fourth-order valence-corrected chi connectivity index (χ4v) is 10.6. The van der Waals surface area contributed by atoms with Crippen molar-refractivity contribution in [2.45, 2.75) is 54.4 Å². The number of benzene rings is 11. The van der Waals surface area contributed by atoms with Gasteiger partial charge in [-0.05, 0) is 200 Å². The molecule has 11 rings (SSSR count). The summed E-state index contributed by atoms with van der Waals surface area (Å²) in [4.78, 5) is 4.86. The maximum absolute atomic E-state index is 2.46. The van der Waals surface area contributed by atoms with E-state index in [9.17, 15) is 0 Å². The molecule has 2 heteroatoms. The smallest absolute Gasteiger partial charge is 0.0468 e. The van der Waals surface area contributed by atoms with Gasteiger partial charge in [0.2, 0.25) is 0 Å². The molecular formula is C68H60N2. The van der Waals surface area contributed by atoms with Crippen molar-refractivity contribution in [1.29, 1.82) is 0 Å². The van der Waals surface area contributed by atoms with Gasteiger partial charge < -0.3 is 9.80 Å². The van der Waals surface area contributed by atoms with Crippen LogP contribution in [0.25, 0.3) is 65.3 Å². The molecule has 11 aromatic rings. The molecule has 0 aliphatic carbocycles. The summed E-state index contributed by atoms with van der Waals surface area (Å²) in [5, 5.41) is 9.75. The van der Waals surface area contributed by atoms with Crippen LogP contribution in [0.5, 0.6) is 0 Å². The number of anilines is 6. The molecule has 11 aromatic carbocycles. The topological polar surface area (TPSA) is 6.48 Å². The third-order valence-electron chi connectivity index (χ3n) is 13.9.